The number of amides is 2. The highest BCUT2D eigenvalue weighted by molar-refractivity contribution is 6.18. The molecule has 0 atom stereocenters. The third-order valence-electron chi connectivity index (χ3n) is 1.33. The summed E-state index contributed by atoms with van der Waals surface area (Å²) in [6.07, 6.45) is -0.229. The average molecular weight is 231 g/mol. The Kier molecular flexibility index (Phi) is 6.34. The number of carboxylic acid groups (broad SMARTS) is 1. The highest BCUT2D eigenvalue weighted by Crippen LogP contribution is 1.96. The molecule has 0 radical (unpaired) electrons. The summed E-state index contributed by atoms with van der Waals surface area (Å²) in [4.78, 5) is 32.7. The van der Waals surface area contributed by atoms with Crippen molar-refractivity contribution < 1.29 is 29.0 Å². The summed E-state index contributed by atoms with van der Waals surface area (Å²) in [5.41, 5.74) is -0.671. The topological polar surface area (TPSA) is 102 Å². The standard InChI is InChI=1S/C9H13NO6/c1-3-15-5-6(8(12)13)7(11)10-9(14)16-4-2/h5H,3-4H2,1-2H3,(H,12,13)(H,10,11,14). The van der Waals surface area contributed by atoms with Crippen LogP contribution in [0.25, 0.3) is 0 Å². The minimum Gasteiger partial charge on any atom is -0.500 e. The Morgan fingerprint density at radius 3 is 2.31 bits per heavy atom. The van der Waals surface area contributed by atoms with Gasteiger partial charge in [0.1, 0.15) is 6.26 Å². The van der Waals surface area contributed by atoms with Crippen LogP contribution in [0.1, 0.15) is 13.8 Å². The molecule has 16 heavy (non-hydrogen) atoms. The van der Waals surface area contributed by atoms with Crippen LogP contribution in [0.2, 0.25) is 0 Å². The van der Waals surface area contributed by atoms with E-state index in [9.17, 15) is 14.4 Å². The summed E-state index contributed by atoms with van der Waals surface area (Å²) < 4.78 is 9.08. The van der Waals surface area contributed by atoms with Crippen LogP contribution in [0.5, 0.6) is 0 Å². The summed E-state index contributed by atoms with van der Waals surface area (Å²) >= 11 is 0. The van der Waals surface area contributed by atoms with Crippen LogP contribution in [-0.2, 0) is 19.1 Å². The zero-order valence-electron chi connectivity index (χ0n) is 8.98. The Labute approximate surface area is 92.0 Å². The summed E-state index contributed by atoms with van der Waals surface area (Å²) in [5, 5.41) is 10.4. The minimum atomic E-state index is -1.49. The molecule has 90 valence electrons. The first-order valence-corrected chi connectivity index (χ1v) is 4.56. The molecule has 0 spiro atoms. The van der Waals surface area contributed by atoms with Crippen molar-refractivity contribution in [1.82, 2.24) is 5.32 Å². The molecule has 0 bridgehead atoms. The first kappa shape index (κ1) is 13.9. The van der Waals surface area contributed by atoms with Gasteiger partial charge < -0.3 is 14.6 Å². The van der Waals surface area contributed by atoms with Gasteiger partial charge in [-0.15, -0.1) is 0 Å². The number of ether oxygens (including phenoxy) is 2. The third kappa shape index (κ3) is 4.99. The van der Waals surface area contributed by atoms with E-state index in [0.29, 0.717) is 0 Å². The van der Waals surface area contributed by atoms with Crippen molar-refractivity contribution in [1.29, 1.82) is 0 Å². The van der Waals surface area contributed by atoms with E-state index in [2.05, 4.69) is 9.47 Å². The Bertz CT molecular complexity index is 309. The van der Waals surface area contributed by atoms with Gasteiger partial charge in [0, 0.05) is 0 Å². The molecule has 0 unspecified atom stereocenters. The molecule has 7 heteroatoms. The van der Waals surface area contributed by atoms with Gasteiger partial charge in [0.25, 0.3) is 5.91 Å². The maximum Gasteiger partial charge on any atom is 0.414 e. The predicted octanol–water partition coefficient (Wildman–Crippen LogP) is 0.264. The molecule has 0 aromatic rings. The number of aliphatic carboxylic acids is 1. The molecule has 0 aliphatic heterocycles. The highest BCUT2D eigenvalue weighted by atomic mass is 16.5. The van der Waals surface area contributed by atoms with Crippen molar-refractivity contribution in [2.45, 2.75) is 13.8 Å². The van der Waals surface area contributed by atoms with Crippen LogP contribution in [-0.4, -0.2) is 36.3 Å². The zero-order chi connectivity index (χ0) is 12.6. The number of hydrogen-bond acceptors (Lipinski definition) is 5. The normalized spacial score (nSPS) is 10.5. The number of hydrogen-bond donors (Lipinski definition) is 2. The molecule has 0 saturated carbocycles. The predicted molar refractivity (Wildman–Crippen MR) is 52.5 cm³/mol. The molecule has 0 aromatic carbocycles. The van der Waals surface area contributed by atoms with E-state index < -0.39 is 23.5 Å². The fourth-order valence-corrected chi connectivity index (χ4v) is 0.695. The number of carbonyl (C=O) groups is 3. The largest absolute Gasteiger partial charge is 0.500 e. The molecule has 2 amide bonds. The SMILES string of the molecule is CCOC=C(C(=O)O)C(=O)NC(=O)OCC. The number of rotatable bonds is 5. The van der Waals surface area contributed by atoms with E-state index in [1.807, 2.05) is 0 Å². The van der Waals surface area contributed by atoms with E-state index in [1.165, 1.54) is 0 Å². The van der Waals surface area contributed by atoms with Crippen LogP contribution in [0.3, 0.4) is 0 Å². The van der Waals surface area contributed by atoms with Crippen LogP contribution in [0.4, 0.5) is 4.79 Å². The molecule has 0 aliphatic carbocycles. The lowest BCUT2D eigenvalue weighted by Crippen LogP contribution is -2.34. The van der Waals surface area contributed by atoms with Crippen LogP contribution in [0.15, 0.2) is 11.8 Å². The van der Waals surface area contributed by atoms with E-state index in [1.54, 1.807) is 19.2 Å². The van der Waals surface area contributed by atoms with Gasteiger partial charge in [-0.3, -0.25) is 10.1 Å². The lowest BCUT2D eigenvalue weighted by atomic mass is 10.3. The van der Waals surface area contributed by atoms with Crippen LogP contribution in [0, 0.1) is 0 Å². The van der Waals surface area contributed by atoms with Crippen molar-refractivity contribution >= 4 is 18.0 Å². The van der Waals surface area contributed by atoms with Gasteiger partial charge in [0.15, 0.2) is 5.57 Å². The summed E-state index contributed by atoms with van der Waals surface area (Å²) in [6, 6.07) is 0. The number of carbonyl (C=O) groups excluding carboxylic acids is 2. The second-order valence-electron chi connectivity index (χ2n) is 2.47. The quantitative estimate of drug-likeness (QED) is 0.304. The lowest BCUT2D eigenvalue weighted by Gasteiger charge is -2.04. The monoisotopic (exact) mass is 231 g/mol. The molecule has 0 aromatic heterocycles. The van der Waals surface area contributed by atoms with E-state index in [0.717, 1.165) is 6.26 Å². The maximum absolute atomic E-state index is 11.2. The Hall–Kier alpha value is -2.05. The van der Waals surface area contributed by atoms with Crippen molar-refractivity contribution in [2.24, 2.45) is 0 Å². The average Bonchev–Trinajstić information content (AvgIpc) is 2.17. The second-order valence-corrected chi connectivity index (χ2v) is 2.47. The van der Waals surface area contributed by atoms with E-state index in [-0.39, 0.29) is 13.2 Å². The van der Waals surface area contributed by atoms with Crippen molar-refractivity contribution in [3.05, 3.63) is 11.8 Å². The van der Waals surface area contributed by atoms with Gasteiger partial charge >= 0.3 is 12.1 Å². The number of carboxylic acids is 1. The fourth-order valence-electron chi connectivity index (χ4n) is 0.695. The smallest absolute Gasteiger partial charge is 0.414 e. The zero-order valence-corrected chi connectivity index (χ0v) is 8.98. The molecule has 0 saturated heterocycles. The number of nitrogens with one attached hydrogen (secondary N) is 1. The Morgan fingerprint density at radius 1 is 1.25 bits per heavy atom. The molecular weight excluding hydrogens is 218 g/mol. The first-order valence-electron chi connectivity index (χ1n) is 4.56. The molecule has 0 fully saturated rings. The Morgan fingerprint density at radius 2 is 1.88 bits per heavy atom. The third-order valence-corrected chi connectivity index (χ3v) is 1.33. The van der Waals surface area contributed by atoms with Crippen molar-refractivity contribution in [3.63, 3.8) is 0 Å². The molecule has 2 N–H and O–H groups in total. The molecule has 0 heterocycles. The molecule has 0 aliphatic rings. The van der Waals surface area contributed by atoms with Crippen LogP contribution < -0.4 is 5.32 Å². The second kappa shape index (κ2) is 7.27. The first-order chi connectivity index (χ1) is 7.52. The number of alkyl carbamates (subject to hydrolysis) is 1. The molecule has 0 rings (SSSR count). The maximum atomic E-state index is 11.2. The van der Waals surface area contributed by atoms with Gasteiger partial charge in [-0.05, 0) is 13.8 Å². The van der Waals surface area contributed by atoms with E-state index >= 15 is 0 Å². The lowest BCUT2D eigenvalue weighted by molar-refractivity contribution is -0.135. The molecule has 7 nitrogen and oxygen atoms in total. The van der Waals surface area contributed by atoms with Gasteiger partial charge in [-0.1, -0.05) is 0 Å². The fraction of sp³-hybridized carbons (Fsp3) is 0.444. The van der Waals surface area contributed by atoms with Crippen molar-refractivity contribution in [3.8, 4) is 0 Å². The number of imide groups is 1. The summed E-state index contributed by atoms with van der Waals surface area (Å²) in [7, 11) is 0. The van der Waals surface area contributed by atoms with E-state index in [4.69, 9.17) is 5.11 Å². The van der Waals surface area contributed by atoms with Gasteiger partial charge in [0.05, 0.1) is 13.2 Å². The highest BCUT2D eigenvalue weighted by Gasteiger charge is 2.20. The van der Waals surface area contributed by atoms with Crippen LogP contribution >= 0.6 is 0 Å². The van der Waals surface area contributed by atoms with Gasteiger partial charge in [0.2, 0.25) is 0 Å². The summed E-state index contributed by atoms with van der Waals surface area (Å²) in [6.45, 7) is 3.47. The Balaban J connectivity index is 4.51. The van der Waals surface area contributed by atoms with Crippen molar-refractivity contribution in [2.75, 3.05) is 13.2 Å². The summed E-state index contributed by atoms with van der Waals surface area (Å²) in [5.74, 6) is -2.57. The minimum absolute atomic E-state index is 0.0801. The molecular formula is C9H13NO6. The van der Waals surface area contributed by atoms with Gasteiger partial charge in [-0.25, -0.2) is 9.59 Å². The van der Waals surface area contributed by atoms with Gasteiger partial charge in [-0.2, -0.15) is 0 Å².